The molecule has 3 aromatic rings. The summed E-state index contributed by atoms with van der Waals surface area (Å²) in [5, 5.41) is 4.00. The number of carbonyl (C=O) groups is 1. The average molecular weight is 356 g/mol. The van der Waals surface area contributed by atoms with E-state index >= 15 is 0 Å². The van der Waals surface area contributed by atoms with Crippen LogP contribution in [0.3, 0.4) is 0 Å². The molecule has 1 heterocycles. The van der Waals surface area contributed by atoms with E-state index in [-0.39, 0.29) is 5.91 Å². The van der Waals surface area contributed by atoms with Crippen molar-refractivity contribution in [2.75, 3.05) is 25.5 Å². The van der Waals surface area contributed by atoms with Gasteiger partial charge in [-0.2, -0.15) is 0 Å². The third-order valence-corrected chi connectivity index (χ3v) is 5.07. The number of benzene rings is 2. The van der Waals surface area contributed by atoms with Crippen molar-refractivity contribution in [2.24, 2.45) is 0 Å². The van der Waals surface area contributed by atoms with Gasteiger partial charge in [0.15, 0.2) is 6.54 Å². The maximum Gasteiger partial charge on any atom is 0.279 e. The van der Waals surface area contributed by atoms with E-state index in [0.717, 1.165) is 23.6 Å². The molecular formula is C19H22N3O2S+. The standard InChI is InChI=1S/C19H21N3O2S/c1-3-22(13-19-21-15-9-5-7-11-17(15)25-19)12-18(23)20-14-8-4-6-10-16(14)24-2/h4-11H,3,12-13H2,1-2H3,(H,20,23)/p+1. The van der Waals surface area contributed by atoms with Crippen molar-refractivity contribution in [1.82, 2.24) is 4.98 Å². The number of carbonyl (C=O) groups excluding carboxylic acids is 1. The number of thiazole rings is 1. The molecule has 0 bridgehead atoms. The Balaban J connectivity index is 1.64. The summed E-state index contributed by atoms with van der Waals surface area (Å²) in [4.78, 5) is 18.2. The van der Waals surface area contributed by atoms with Crippen LogP contribution in [-0.2, 0) is 11.3 Å². The molecule has 0 radical (unpaired) electrons. The number of nitrogens with one attached hydrogen (secondary N) is 2. The van der Waals surface area contributed by atoms with Gasteiger partial charge in [0.1, 0.15) is 17.3 Å². The molecule has 5 nitrogen and oxygen atoms in total. The molecule has 1 aromatic heterocycles. The van der Waals surface area contributed by atoms with Crippen LogP contribution in [0.15, 0.2) is 48.5 Å². The van der Waals surface area contributed by atoms with E-state index < -0.39 is 0 Å². The van der Waals surface area contributed by atoms with Crippen molar-refractivity contribution in [1.29, 1.82) is 0 Å². The first-order valence-electron chi connectivity index (χ1n) is 8.30. The normalized spacial score (nSPS) is 12.1. The Hall–Kier alpha value is -2.44. The van der Waals surface area contributed by atoms with Crippen LogP contribution in [0.4, 0.5) is 5.69 Å². The van der Waals surface area contributed by atoms with Gasteiger partial charge >= 0.3 is 0 Å². The smallest absolute Gasteiger partial charge is 0.279 e. The Morgan fingerprint density at radius 1 is 1.20 bits per heavy atom. The number of anilines is 1. The molecule has 0 aliphatic rings. The number of likely N-dealkylation sites (N-methyl/N-ethyl adjacent to an activating group) is 1. The Bertz CT molecular complexity index is 830. The van der Waals surface area contributed by atoms with Gasteiger partial charge in [-0.05, 0) is 31.2 Å². The van der Waals surface area contributed by atoms with E-state index in [1.807, 2.05) is 42.5 Å². The zero-order valence-electron chi connectivity index (χ0n) is 14.4. The average Bonchev–Trinajstić information content (AvgIpc) is 3.03. The molecule has 0 aliphatic heterocycles. The molecule has 0 fully saturated rings. The van der Waals surface area contributed by atoms with Crippen LogP contribution in [0.1, 0.15) is 11.9 Å². The number of rotatable bonds is 7. The summed E-state index contributed by atoms with van der Waals surface area (Å²) in [7, 11) is 1.60. The Labute approximate surface area is 151 Å². The number of nitrogens with zero attached hydrogens (tertiary/aromatic N) is 1. The van der Waals surface area contributed by atoms with Gasteiger partial charge in [0, 0.05) is 0 Å². The fourth-order valence-electron chi connectivity index (χ4n) is 2.69. The lowest BCUT2D eigenvalue weighted by atomic mass is 10.3. The molecule has 6 heteroatoms. The Kier molecular flexibility index (Phi) is 5.63. The van der Waals surface area contributed by atoms with E-state index in [4.69, 9.17) is 4.74 Å². The summed E-state index contributed by atoms with van der Waals surface area (Å²) in [5.74, 6) is 0.641. The van der Waals surface area contributed by atoms with Gasteiger partial charge in [-0.1, -0.05) is 24.3 Å². The van der Waals surface area contributed by atoms with Crippen LogP contribution in [0.2, 0.25) is 0 Å². The van der Waals surface area contributed by atoms with Crippen LogP contribution in [0, 0.1) is 0 Å². The maximum absolute atomic E-state index is 12.4. The zero-order chi connectivity index (χ0) is 17.6. The zero-order valence-corrected chi connectivity index (χ0v) is 15.2. The van der Waals surface area contributed by atoms with Gasteiger partial charge in [0.25, 0.3) is 5.91 Å². The minimum absolute atomic E-state index is 0.0255. The lowest BCUT2D eigenvalue weighted by Gasteiger charge is -2.16. The summed E-state index contributed by atoms with van der Waals surface area (Å²) < 4.78 is 6.46. The predicted molar refractivity (Wildman–Crippen MR) is 101 cm³/mol. The minimum atomic E-state index is -0.0255. The summed E-state index contributed by atoms with van der Waals surface area (Å²) in [6, 6.07) is 15.6. The van der Waals surface area contributed by atoms with E-state index in [2.05, 4.69) is 23.3 Å². The predicted octanol–water partition coefficient (Wildman–Crippen LogP) is 2.35. The van der Waals surface area contributed by atoms with Crippen LogP contribution in [0.25, 0.3) is 10.2 Å². The van der Waals surface area contributed by atoms with E-state index in [0.29, 0.717) is 18.0 Å². The number of hydrogen-bond donors (Lipinski definition) is 2. The van der Waals surface area contributed by atoms with Crippen molar-refractivity contribution < 1.29 is 14.4 Å². The van der Waals surface area contributed by atoms with Crippen LogP contribution < -0.4 is 15.0 Å². The fraction of sp³-hybridized carbons (Fsp3) is 0.263. The molecule has 0 aliphatic carbocycles. The molecule has 130 valence electrons. The van der Waals surface area contributed by atoms with Crippen LogP contribution in [-0.4, -0.2) is 31.1 Å². The second-order valence-electron chi connectivity index (χ2n) is 5.78. The molecule has 0 spiro atoms. The first-order valence-corrected chi connectivity index (χ1v) is 9.12. The largest absolute Gasteiger partial charge is 0.495 e. The minimum Gasteiger partial charge on any atom is -0.495 e. The lowest BCUT2D eigenvalue weighted by molar-refractivity contribution is -0.903. The first-order chi connectivity index (χ1) is 12.2. The SMILES string of the molecule is CC[NH+](CC(=O)Nc1ccccc1OC)Cc1nc2ccccc2s1. The quantitative estimate of drug-likeness (QED) is 0.683. The third kappa shape index (κ3) is 4.35. The molecule has 2 N–H and O–H groups in total. The number of aromatic nitrogens is 1. The van der Waals surface area contributed by atoms with Gasteiger partial charge in [0.2, 0.25) is 0 Å². The van der Waals surface area contributed by atoms with Crippen LogP contribution in [0.5, 0.6) is 5.75 Å². The summed E-state index contributed by atoms with van der Waals surface area (Å²) in [6.45, 7) is 4.08. The second-order valence-corrected chi connectivity index (χ2v) is 6.90. The monoisotopic (exact) mass is 356 g/mol. The number of methoxy groups -OCH3 is 1. The van der Waals surface area contributed by atoms with Gasteiger partial charge in [-0.3, -0.25) is 4.79 Å². The summed E-state index contributed by atoms with van der Waals surface area (Å²) in [5.41, 5.74) is 1.72. The highest BCUT2D eigenvalue weighted by Gasteiger charge is 2.16. The van der Waals surface area contributed by atoms with Crippen molar-refractivity contribution >= 4 is 33.1 Å². The summed E-state index contributed by atoms with van der Waals surface area (Å²) >= 11 is 1.69. The van der Waals surface area contributed by atoms with Crippen molar-refractivity contribution in [3.05, 3.63) is 53.5 Å². The molecule has 0 saturated carbocycles. The molecule has 2 aromatic carbocycles. The number of ether oxygens (including phenoxy) is 1. The van der Waals surface area contributed by atoms with Crippen LogP contribution >= 0.6 is 11.3 Å². The highest BCUT2D eigenvalue weighted by Crippen LogP contribution is 2.23. The van der Waals surface area contributed by atoms with Crippen molar-refractivity contribution in [2.45, 2.75) is 13.5 Å². The second kappa shape index (κ2) is 8.09. The number of para-hydroxylation sites is 3. The highest BCUT2D eigenvalue weighted by molar-refractivity contribution is 7.18. The molecular weight excluding hydrogens is 334 g/mol. The molecule has 0 saturated heterocycles. The fourth-order valence-corrected chi connectivity index (χ4v) is 3.73. The van der Waals surface area contributed by atoms with Gasteiger partial charge < -0.3 is 15.0 Å². The highest BCUT2D eigenvalue weighted by atomic mass is 32.1. The van der Waals surface area contributed by atoms with Crippen molar-refractivity contribution in [3.8, 4) is 5.75 Å². The van der Waals surface area contributed by atoms with E-state index in [1.54, 1.807) is 18.4 Å². The lowest BCUT2D eigenvalue weighted by Crippen LogP contribution is -3.11. The van der Waals surface area contributed by atoms with Gasteiger partial charge in [-0.15, -0.1) is 11.3 Å². The topological polar surface area (TPSA) is 55.7 Å². The van der Waals surface area contributed by atoms with E-state index in [1.165, 1.54) is 9.60 Å². The molecule has 1 unspecified atom stereocenters. The Morgan fingerprint density at radius 3 is 2.72 bits per heavy atom. The molecule has 1 amide bonds. The van der Waals surface area contributed by atoms with Crippen molar-refractivity contribution in [3.63, 3.8) is 0 Å². The third-order valence-electron chi connectivity index (χ3n) is 4.03. The molecule has 1 atom stereocenters. The molecule has 3 rings (SSSR count). The number of amides is 1. The molecule has 25 heavy (non-hydrogen) atoms. The van der Waals surface area contributed by atoms with Gasteiger partial charge in [0.05, 0.1) is 29.6 Å². The van der Waals surface area contributed by atoms with E-state index in [9.17, 15) is 4.79 Å². The number of hydrogen-bond acceptors (Lipinski definition) is 4. The first kappa shape index (κ1) is 17.4. The summed E-state index contributed by atoms with van der Waals surface area (Å²) in [6.07, 6.45) is 0. The van der Waals surface area contributed by atoms with Gasteiger partial charge in [-0.25, -0.2) is 4.98 Å². The number of fused-ring (bicyclic) bond motifs is 1. The maximum atomic E-state index is 12.4. The number of quaternary nitrogens is 1. The Morgan fingerprint density at radius 2 is 1.96 bits per heavy atom.